The van der Waals surface area contributed by atoms with Crippen LogP contribution in [-0.4, -0.2) is 17.5 Å². The van der Waals surface area contributed by atoms with Crippen molar-refractivity contribution in [2.45, 2.75) is 6.92 Å². The predicted octanol–water partition coefficient (Wildman–Crippen LogP) is 2.82. The van der Waals surface area contributed by atoms with Crippen LogP contribution in [0.1, 0.15) is 5.56 Å². The van der Waals surface area contributed by atoms with Gasteiger partial charge in [0.05, 0.1) is 11.4 Å². The summed E-state index contributed by atoms with van der Waals surface area (Å²) in [7, 11) is 0. The van der Waals surface area contributed by atoms with Crippen molar-refractivity contribution in [1.29, 1.82) is 0 Å². The Morgan fingerprint density at radius 3 is 2.90 bits per heavy atom. The first-order chi connectivity index (χ1) is 9.61. The molecule has 0 saturated heterocycles. The normalized spacial score (nSPS) is 15.3. The first-order valence-corrected chi connectivity index (χ1v) is 6.28. The zero-order valence-corrected chi connectivity index (χ0v) is 11.1. The summed E-state index contributed by atoms with van der Waals surface area (Å²) in [6.45, 7) is 2.27. The molecule has 1 aliphatic rings. The topological polar surface area (TPSA) is 79.9 Å². The number of fused-ring (bicyclic) bond motifs is 1. The third-order valence-corrected chi connectivity index (χ3v) is 3.08. The Morgan fingerprint density at radius 1 is 1.25 bits per heavy atom. The molecule has 2 aromatic carbocycles. The highest BCUT2D eigenvalue weighted by atomic mass is 16.5. The van der Waals surface area contributed by atoms with Crippen LogP contribution in [0.4, 0.5) is 17.1 Å². The molecule has 0 aromatic heterocycles. The zero-order chi connectivity index (χ0) is 14.1. The van der Waals surface area contributed by atoms with Crippen LogP contribution in [0, 0.1) is 6.92 Å². The van der Waals surface area contributed by atoms with E-state index in [9.17, 15) is 5.11 Å². The number of anilines is 2. The maximum atomic E-state index is 9.40. The van der Waals surface area contributed by atoms with E-state index < -0.39 is 0 Å². The summed E-state index contributed by atoms with van der Waals surface area (Å²) in [4.78, 5) is 4.52. The van der Waals surface area contributed by atoms with Gasteiger partial charge in [0.2, 0.25) is 0 Å². The Morgan fingerprint density at radius 2 is 2.10 bits per heavy atom. The van der Waals surface area contributed by atoms with Gasteiger partial charge in [-0.3, -0.25) is 0 Å². The average molecular weight is 269 g/mol. The number of aryl methyl sites for hydroxylation is 1. The van der Waals surface area contributed by atoms with Gasteiger partial charge in [-0.25, -0.2) is 4.99 Å². The number of phenolic OH excluding ortho intramolecular Hbond substituents is 1. The number of nitrogen functional groups attached to an aromatic ring is 1. The standard InChI is InChI=1S/C15H15N3O2/c1-9-6-11(19)3-4-12(9)17-15-8-20-14-5-2-10(16)7-13(14)18-15/h2-7,19H,8,16H2,1H3,(H,17,18). The van der Waals surface area contributed by atoms with E-state index in [1.165, 1.54) is 0 Å². The summed E-state index contributed by atoms with van der Waals surface area (Å²) in [5.74, 6) is 1.70. The van der Waals surface area contributed by atoms with Crippen molar-refractivity contribution in [1.82, 2.24) is 0 Å². The molecule has 0 bridgehead atoms. The smallest absolute Gasteiger partial charge is 0.146 e. The molecular weight excluding hydrogens is 254 g/mol. The molecule has 20 heavy (non-hydrogen) atoms. The first kappa shape index (κ1) is 12.3. The number of aromatic hydroxyl groups is 1. The van der Waals surface area contributed by atoms with Crippen LogP contribution in [0.25, 0.3) is 0 Å². The molecule has 0 amide bonds. The van der Waals surface area contributed by atoms with E-state index in [4.69, 9.17) is 10.5 Å². The highest BCUT2D eigenvalue weighted by molar-refractivity contribution is 6.01. The minimum absolute atomic E-state index is 0.234. The van der Waals surface area contributed by atoms with Gasteiger partial charge in [0.1, 0.15) is 23.9 Å². The fourth-order valence-corrected chi connectivity index (χ4v) is 2.08. The van der Waals surface area contributed by atoms with E-state index in [0.29, 0.717) is 18.1 Å². The molecule has 3 rings (SSSR count). The Kier molecular flexibility index (Phi) is 2.95. The maximum Gasteiger partial charge on any atom is 0.146 e. The van der Waals surface area contributed by atoms with Crippen LogP contribution in [0.15, 0.2) is 41.4 Å². The van der Waals surface area contributed by atoms with Crippen LogP contribution >= 0.6 is 0 Å². The molecule has 0 spiro atoms. The molecule has 0 unspecified atom stereocenters. The number of nitrogens with zero attached hydrogens (tertiary/aromatic N) is 1. The second-order valence-electron chi connectivity index (χ2n) is 4.70. The van der Waals surface area contributed by atoms with Gasteiger partial charge in [-0.1, -0.05) is 0 Å². The minimum atomic E-state index is 0.234. The van der Waals surface area contributed by atoms with E-state index in [0.717, 1.165) is 22.7 Å². The highest BCUT2D eigenvalue weighted by Crippen LogP contribution is 2.30. The van der Waals surface area contributed by atoms with Gasteiger partial charge < -0.3 is 20.9 Å². The number of hydrogen-bond donors (Lipinski definition) is 3. The molecule has 2 aromatic rings. The fraction of sp³-hybridized carbons (Fsp3) is 0.133. The summed E-state index contributed by atoms with van der Waals surface area (Å²) >= 11 is 0. The highest BCUT2D eigenvalue weighted by Gasteiger charge is 2.14. The first-order valence-electron chi connectivity index (χ1n) is 6.28. The molecule has 102 valence electrons. The largest absolute Gasteiger partial charge is 0.508 e. The van der Waals surface area contributed by atoms with Crippen LogP contribution in [0.3, 0.4) is 0 Å². The molecular formula is C15H15N3O2. The number of benzene rings is 2. The van der Waals surface area contributed by atoms with Crippen LogP contribution < -0.4 is 15.8 Å². The summed E-state index contributed by atoms with van der Waals surface area (Å²) < 4.78 is 5.63. The summed E-state index contributed by atoms with van der Waals surface area (Å²) in [5, 5.41) is 12.6. The molecule has 4 N–H and O–H groups in total. The van der Waals surface area contributed by atoms with Gasteiger partial charge in [-0.05, 0) is 48.9 Å². The van der Waals surface area contributed by atoms with E-state index in [1.54, 1.807) is 24.3 Å². The van der Waals surface area contributed by atoms with E-state index in [1.807, 2.05) is 19.1 Å². The molecule has 5 heteroatoms. The van der Waals surface area contributed by atoms with Crippen LogP contribution in [0.2, 0.25) is 0 Å². The second kappa shape index (κ2) is 4.77. The fourth-order valence-electron chi connectivity index (χ4n) is 2.08. The van der Waals surface area contributed by atoms with Crippen molar-refractivity contribution in [2.24, 2.45) is 4.99 Å². The van der Waals surface area contributed by atoms with Crippen LogP contribution in [0.5, 0.6) is 11.5 Å². The number of hydrogen-bond acceptors (Lipinski definition) is 4. The Labute approximate surface area is 116 Å². The zero-order valence-electron chi connectivity index (χ0n) is 11.1. The molecule has 0 atom stereocenters. The number of nitrogens with two attached hydrogens (primary N) is 1. The lowest BCUT2D eigenvalue weighted by Gasteiger charge is -2.21. The molecule has 5 nitrogen and oxygen atoms in total. The Balaban J connectivity index is 1.91. The third-order valence-electron chi connectivity index (χ3n) is 3.08. The van der Waals surface area contributed by atoms with Gasteiger partial charge in [0.25, 0.3) is 0 Å². The number of rotatable bonds is 1. The average Bonchev–Trinajstić information content (AvgIpc) is 2.41. The van der Waals surface area contributed by atoms with Crippen molar-refractivity contribution in [2.75, 3.05) is 17.7 Å². The number of ether oxygens (including phenoxy) is 1. The molecule has 0 radical (unpaired) electrons. The third kappa shape index (κ3) is 2.38. The molecule has 1 heterocycles. The van der Waals surface area contributed by atoms with Gasteiger partial charge >= 0.3 is 0 Å². The quantitative estimate of drug-likeness (QED) is 0.695. The molecule has 0 aliphatic carbocycles. The van der Waals surface area contributed by atoms with E-state index in [2.05, 4.69) is 10.3 Å². The van der Waals surface area contributed by atoms with E-state index >= 15 is 0 Å². The number of amidine groups is 1. The SMILES string of the molecule is Cc1cc(O)ccc1N=C1COc2ccc(N)cc2N1. The molecule has 0 fully saturated rings. The van der Waals surface area contributed by atoms with Crippen molar-refractivity contribution >= 4 is 22.9 Å². The number of nitrogens with one attached hydrogen (secondary N) is 1. The Bertz CT molecular complexity index is 696. The summed E-state index contributed by atoms with van der Waals surface area (Å²) in [6, 6.07) is 10.5. The Hall–Kier alpha value is -2.69. The minimum Gasteiger partial charge on any atom is -0.508 e. The van der Waals surface area contributed by atoms with Gasteiger partial charge in [-0.2, -0.15) is 0 Å². The van der Waals surface area contributed by atoms with Crippen molar-refractivity contribution in [3.8, 4) is 11.5 Å². The van der Waals surface area contributed by atoms with Crippen LogP contribution in [-0.2, 0) is 0 Å². The lowest BCUT2D eigenvalue weighted by molar-refractivity contribution is 0.372. The summed E-state index contributed by atoms with van der Waals surface area (Å²) in [5.41, 5.74) is 8.93. The van der Waals surface area contributed by atoms with Crippen molar-refractivity contribution < 1.29 is 9.84 Å². The van der Waals surface area contributed by atoms with E-state index in [-0.39, 0.29) is 5.75 Å². The maximum absolute atomic E-state index is 9.40. The monoisotopic (exact) mass is 269 g/mol. The lowest BCUT2D eigenvalue weighted by Crippen LogP contribution is -2.25. The van der Waals surface area contributed by atoms with Crippen molar-refractivity contribution in [3.05, 3.63) is 42.0 Å². The second-order valence-corrected chi connectivity index (χ2v) is 4.70. The number of phenols is 1. The molecule has 1 aliphatic heterocycles. The number of aliphatic imine (C=N–C) groups is 1. The van der Waals surface area contributed by atoms with Gasteiger partial charge in [0, 0.05) is 5.69 Å². The van der Waals surface area contributed by atoms with Gasteiger partial charge in [0.15, 0.2) is 0 Å². The summed E-state index contributed by atoms with van der Waals surface area (Å²) in [6.07, 6.45) is 0. The molecule has 0 saturated carbocycles. The van der Waals surface area contributed by atoms with Gasteiger partial charge in [-0.15, -0.1) is 0 Å². The lowest BCUT2D eigenvalue weighted by atomic mass is 10.2. The van der Waals surface area contributed by atoms with Crippen molar-refractivity contribution in [3.63, 3.8) is 0 Å². The predicted molar refractivity (Wildman–Crippen MR) is 79.9 cm³/mol.